The van der Waals surface area contributed by atoms with Crippen molar-refractivity contribution in [2.45, 2.75) is 6.42 Å². The molecule has 0 spiro atoms. The van der Waals surface area contributed by atoms with Crippen molar-refractivity contribution in [2.75, 3.05) is 6.54 Å². The second kappa shape index (κ2) is 2.05. The van der Waals surface area contributed by atoms with Crippen LogP contribution in [0.2, 0.25) is 0 Å². The number of aromatic nitrogens is 3. The van der Waals surface area contributed by atoms with Crippen molar-refractivity contribution in [3.8, 4) is 0 Å². The standard InChI is InChI=1S/C6H8N4O/c1-10-4-2-3-7-6(11)5(4)8-9-10/h2-3H2,1H3,(H,7,11). The fraction of sp³-hybridized carbons (Fsp3) is 0.500. The average Bonchev–Trinajstić information content (AvgIpc) is 2.35. The number of carbonyl (C=O) groups excluding carboxylic acids is 1. The molecule has 0 aliphatic carbocycles. The second-order valence-electron chi connectivity index (χ2n) is 2.51. The summed E-state index contributed by atoms with van der Waals surface area (Å²) in [5.41, 5.74) is 1.40. The number of carbonyl (C=O) groups is 1. The maximum absolute atomic E-state index is 11.1. The molecule has 0 unspecified atom stereocenters. The molecule has 0 saturated heterocycles. The minimum absolute atomic E-state index is 0.112. The molecule has 1 aromatic rings. The van der Waals surface area contributed by atoms with E-state index in [1.165, 1.54) is 0 Å². The van der Waals surface area contributed by atoms with Crippen LogP contribution in [0.25, 0.3) is 0 Å². The van der Waals surface area contributed by atoms with Crippen molar-refractivity contribution in [3.05, 3.63) is 11.4 Å². The zero-order chi connectivity index (χ0) is 7.84. The lowest BCUT2D eigenvalue weighted by molar-refractivity contribution is 0.0940. The van der Waals surface area contributed by atoms with Gasteiger partial charge in [0.15, 0.2) is 5.69 Å². The van der Waals surface area contributed by atoms with Crippen LogP contribution in [0.1, 0.15) is 16.2 Å². The summed E-state index contributed by atoms with van der Waals surface area (Å²) in [5.74, 6) is -0.112. The Kier molecular flexibility index (Phi) is 1.18. The first-order chi connectivity index (χ1) is 5.29. The number of aryl methyl sites for hydroxylation is 1. The Morgan fingerprint density at radius 2 is 2.45 bits per heavy atom. The number of nitrogens with one attached hydrogen (secondary N) is 1. The minimum Gasteiger partial charge on any atom is -0.350 e. The molecule has 0 fully saturated rings. The average molecular weight is 152 g/mol. The number of rotatable bonds is 0. The van der Waals surface area contributed by atoms with Gasteiger partial charge in [-0.3, -0.25) is 9.48 Å². The van der Waals surface area contributed by atoms with E-state index in [1.54, 1.807) is 11.7 Å². The van der Waals surface area contributed by atoms with Crippen LogP contribution >= 0.6 is 0 Å². The molecular weight excluding hydrogens is 144 g/mol. The molecule has 0 radical (unpaired) electrons. The zero-order valence-electron chi connectivity index (χ0n) is 6.16. The molecule has 0 atom stereocenters. The minimum atomic E-state index is -0.112. The maximum atomic E-state index is 11.1. The summed E-state index contributed by atoms with van der Waals surface area (Å²) in [5, 5.41) is 10.2. The van der Waals surface area contributed by atoms with Crippen molar-refractivity contribution in [2.24, 2.45) is 7.05 Å². The summed E-state index contributed by atoms with van der Waals surface area (Å²) in [6, 6.07) is 0. The van der Waals surface area contributed by atoms with E-state index in [9.17, 15) is 4.79 Å². The first-order valence-corrected chi connectivity index (χ1v) is 3.46. The number of hydrogen-bond acceptors (Lipinski definition) is 3. The van der Waals surface area contributed by atoms with Gasteiger partial charge in [0, 0.05) is 20.0 Å². The van der Waals surface area contributed by atoms with Crippen molar-refractivity contribution < 1.29 is 4.79 Å². The summed E-state index contributed by atoms with van der Waals surface area (Å²) in [6.45, 7) is 0.688. The number of nitrogens with zero attached hydrogens (tertiary/aromatic N) is 3. The summed E-state index contributed by atoms with van der Waals surface area (Å²) < 4.78 is 1.65. The van der Waals surface area contributed by atoms with Gasteiger partial charge in [0.2, 0.25) is 0 Å². The van der Waals surface area contributed by atoms with Gasteiger partial charge in [-0.05, 0) is 0 Å². The highest BCUT2D eigenvalue weighted by Crippen LogP contribution is 2.07. The SMILES string of the molecule is Cn1nnc2c1CCNC2=O. The molecular formula is C6H8N4O. The molecule has 11 heavy (non-hydrogen) atoms. The van der Waals surface area contributed by atoms with Gasteiger partial charge in [0.05, 0.1) is 5.69 Å². The highest BCUT2D eigenvalue weighted by atomic mass is 16.2. The summed E-state index contributed by atoms with van der Waals surface area (Å²) in [4.78, 5) is 11.1. The molecule has 2 heterocycles. The third-order valence-corrected chi connectivity index (χ3v) is 1.81. The van der Waals surface area contributed by atoms with Gasteiger partial charge in [-0.25, -0.2) is 0 Å². The normalized spacial score (nSPS) is 15.9. The molecule has 1 aromatic heterocycles. The Balaban J connectivity index is 2.55. The lowest BCUT2D eigenvalue weighted by atomic mass is 10.2. The fourth-order valence-electron chi connectivity index (χ4n) is 1.21. The van der Waals surface area contributed by atoms with Crippen LogP contribution in [0.4, 0.5) is 0 Å². The fourth-order valence-corrected chi connectivity index (χ4v) is 1.21. The van der Waals surface area contributed by atoms with E-state index in [0.717, 1.165) is 12.1 Å². The molecule has 0 bridgehead atoms. The van der Waals surface area contributed by atoms with E-state index in [0.29, 0.717) is 12.2 Å². The van der Waals surface area contributed by atoms with Gasteiger partial charge in [-0.1, -0.05) is 5.21 Å². The van der Waals surface area contributed by atoms with Crippen molar-refractivity contribution in [1.29, 1.82) is 0 Å². The van der Waals surface area contributed by atoms with Crippen LogP contribution in [0.3, 0.4) is 0 Å². The predicted octanol–water partition coefficient (Wildman–Crippen LogP) is -0.899. The highest BCUT2D eigenvalue weighted by molar-refractivity contribution is 5.94. The molecule has 0 saturated carbocycles. The topological polar surface area (TPSA) is 59.8 Å². The Bertz CT molecular complexity index is 304. The maximum Gasteiger partial charge on any atom is 0.273 e. The quantitative estimate of drug-likeness (QED) is 0.524. The third-order valence-electron chi connectivity index (χ3n) is 1.81. The van der Waals surface area contributed by atoms with Crippen molar-refractivity contribution >= 4 is 5.91 Å². The van der Waals surface area contributed by atoms with Gasteiger partial charge < -0.3 is 5.32 Å². The summed E-state index contributed by atoms with van der Waals surface area (Å²) in [7, 11) is 1.80. The van der Waals surface area contributed by atoms with Crippen LogP contribution in [-0.2, 0) is 13.5 Å². The van der Waals surface area contributed by atoms with E-state index >= 15 is 0 Å². The van der Waals surface area contributed by atoms with Gasteiger partial charge in [0.25, 0.3) is 5.91 Å². The van der Waals surface area contributed by atoms with E-state index in [4.69, 9.17) is 0 Å². The smallest absolute Gasteiger partial charge is 0.273 e. The van der Waals surface area contributed by atoms with Gasteiger partial charge >= 0.3 is 0 Å². The zero-order valence-corrected chi connectivity index (χ0v) is 6.16. The largest absolute Gasteiger partial charge is 0.350 e. The van der Waals surface area contributed by atoms with Crippen LogP contribution in [0.5, 0.6) is 0 Å². The van der Waals surface area contributed by atoms with Crippen LogP contribution in [0, 0.1) is 0 Å². The summed E-state index contributed by atoms with van der Waals surface area (Å²) in [6.07, 6.45) is 0.824. The van der Waals surface area contributed by atoms with E-state index < -0.39 is 0 Å². The second-order valence-corrected chi connectivity index (χ2v) is 2.51. The van der Waals surface area contributed by atoms with Crippen LogP contribution < -0.4 is 5.32 Å². The lowest BCUT2D eigenvalue weighted by Crippen LogP contribution is -2.32. The molecule has 2 rings (SSSR count). The van der Waals surface area contributed by atoms with E-state index in [2.05, 4.69) is 15.6 Å². The van der Waals surface area contributed by atoms with Crippen molar-refractivity contribution in [3.63, 3.8) is 0 Å². The number of amides is 1. The highest BCUT2D eigenvalue weighted by Gasteiger charge is 2.21. The van der Waals surface area contributed by atoms with Gasteiger partial charge in [-0.2, -0.15) is 0 Å². The number of hydrogen-bond donors (Lipinski definition) is 1. The van der Waals surface area contributed by atoms with E-state index in [-0.39, 0.29) is 5.91 Å². The Morgan fingerprint density at radius 1 is 1.64 bits per heavy atom. The monoisotopic (exact) mass is 152 g/mol. The predicted molar refractivity (Wildman–Crippen MR) is 37.0 cm³/mol. The third kappa shape index (κ3) is 0.806. The first kappa shape index (κ1) is 6.33. The Hall–Kier alpha value is -1.39. The van der Waals surface area contributed by atoms with Gasteiger partial charge in [-0.15, -0.1) is 5.10 Å². The molecule has 58 valence electrons. The lowest BCUT2D eigenvalue weighted by Gasteiger charge is -2.10. The molecule has 1 aliphatic heterocycles. The summed E-state index contributed by atoms with van der Waals surface area (Å²) >= 11 is 0. The molecule has 1 aliphatic rings. The van der Waals surface area contributed by atoms with Gasteiger partial charge in [0.1, 0.15) is 0 Å². The molecule has 1 N–H and O–H groups in total. The Labute approximate surface area is 63.4 Å². The first-order valence-electron chi connectivity index (χ1n) is 3.46. The molecule has 0 aromatic carbocycles. The molecule has 5 heteroatoms. The van der Waals surface area contributed by atoms with Crippen LogP contribution in [-0.4, -0.2) is 27.4 Å². The van der Waals surface area contributed by atoms with Crippen LogP contribution in [0.15, 0.2) is 0 Å². The van der Waals surface area contributed by atoms with Crippen molar-refractivity contribution in [1.82, 2.24) is 20.3 Å². The Morgan fingerprint density at radius 3 is 3.18 bits per heavy atom. The number of fused-ring (bicyclic) bond motifs is 1. The van der Waals surface area contributed by atoms with E-state index in [1.807, 2.05) is 0 Å². The molecule has 5 nitrogen and oxygen atoms in total. The molecule has 1 amide bonds.